The van der Waals surface area contributed by atoms with Gasteiger partial charge in [-0.3, -0.25) is 4.79 Å². The van der Waals surface area contributed by atoms with Crippen molar-refractivity contribution in [3.05, 3.63) is 29.3 Å². The second-order valence-electron chi connectivity index (χ2n) is 3.13. The molecule has 0 saturated heterocycles. The molecule has 0 spiro atoms. The first-order valence-corrected chi connectivity index (χ1v) is 5.16. The molecule has 0 atom stereocenters. The van der Waals surface area contributed by atoms with Gasteiger partial charge in [-0.1, -0.05) is 0 Å². The Balaban J connectivity index is 2.42. The van der Waals surface area contributed by atoms with E-state index in [1.807, 2.05) is 0 Å². The summed E-state index contributed by atoms with van der Waals surface area (Å²) in [6.07, 6.45) is 0.365. The van der Waals surface area contributed by atoms with Gasteiger partial charge < -0.3 is 5.11 Å². The molecule has 1 N–H and O–H groups in total. The Morgan fingerprint density at radius 3 is 2.93 bits per heavy atom. The molecule has 1 aromatic carbocycles. The fraction of sp³-hybridized carbons (Fsp3) is 0.200. The summed E-state index contributed by atoms with van der Waals surface area (Å²) in [5.74, 6) is -0.291. The molecule has 4 heteroatoms. The van der Waals surface area contributed by atoms with Crippen molar-refractivity contribution in [2.75, 3.05) is 5.75 Å². The molecule has 1 aliphatic rings. The summed E-state index contributed by atoms with van der Waals surface area (Å²) in [7, 11) is 0. The van der Waals surface area contributed by atoms with E-state index in [-0.39, 0.29) is 11.3 Å². The second kappa shape index (κ2) is 3.46. The van der Waals surface area contributed by atoms with Crippen molar-refractivity contribution in [3.63, 3.8) is 0 Å². The molecule has 72 valence electrons. The minimum Gasteiger partial charge on any atom is -0.478 e. The molecule has 0 unspecified atom stereocenters. The highest BCUT2D eigenvalue weighted by Crippen LogP contribution is 2.28. The predicted molar refractivity (Wildman–Crippen MR) is 52.8 cm³/mol. The van der Waals surface area contributed by atoms with Crippen molar-refractivity contribution in [1.82, 2.24) is 0 Å². The quantitative estimate of drug-likeness (QED) is 0.761. The van der Waals surface area contributed by atoms with E-state index in [4.69, 9.17) is 5.11 Å². The molecular weight excluding hydrogens is 200 g/mol. The molecule has 0 aliphatic carbocycles. The van der Waals surface area contributed by atoms with Gasteiger partial charge in [-0.25, -0.2) is 4.79 Å². The Labute approximate surface area is 85.1 Å². The molecule has 0 aromatic heterocycles. The third kappa shape index (κ3) is 1.65. The average molecular weight is 208 g/mol. The second-order valence-corrected chi connectivity index (χ2v) is 4.15. The Morgan fingerprint density at radius 1 is 1.43 bits per heavy atom. The molecule has 2 rings (SSSR count). The van der Waals surface area contributed by atoms with Gasteiger partial charge in [-0.15, -0.1) is 11.8 Å². The van der Waals surface area contributed by atoms with E-state index < -0.39 is 5.97 Å². The van der Waals surface area contributed by atoms with E-state index in [2.05, 4.69) is 0 Å². The number of carbonyl (C=O) groups excluding carboxylic acids is 1. The number of Topliss-reactive ketones (excluding diaryl/α,β-unsaturated/α-hetero) is 1. The molecule has 0 bridgehead atoms. The lowest BCUT2D eigenvalue weighted by atomic mass is 10.1. The first-order valence-electron chi connectivity index (χ1n) is 4.17. The van der Waals surface area contributed by atoms with Gasteiger partial charge in [0.05, 0.1) is 11.3 Å². The van der Waals surface area contributed by atoms with Crippen molar-refractivity contribution >= 4 is 23.5 Å². The maximum Gasteiger partial charge on any atom is 0.335 e. The molecule has 0 radical (unpaired) electrons. The van der Waals surface area contributed by atoms with E-state index >= 15 is 0 Å². The predicted octanol–water partition coefficient (Wildman–Crippen LogP) is 1.60. The zero-order valence-electron chi connectivity index (χ0n) is 7.32. The highest BCUT2D eigenvalue weighted by molar-refractivity contribution is 8.00. The number of hydrogen-bond donors (Lipinski definition) is 1. The Kier molecular flexibility index (Phi) is 2.29. The third-order valence-electron chi connectivity index (χ3n) is 2.08. The number of ketones is 1. The van der Waals surface area contributed by atoms with Gasteiger partial charge >= 0.3 is 5.97 Å². The van der Waals surface area contributed by atoms with Crippen molar-refractivity contribution in [2.45, 2.75) is 11.3 Å². The van der Waals surface area contributed by atoms with Gasteiger partial charge in [0.2, 0.25) is 0 Å². The van der Waals surface area contributed by atoms with E-state index in [0.29, 0.717) is 12.2 Å². The summed E-state index contributed by atoms with van der Waals surface area (Å²) < 4.78 is 0. The van der Waals surface area contributed by atoms with Crippen LogP contribution in [-0.2, 0) is 11.2 Å². The summed E-state index contributed by atoms with van der Waals surface area (Å²) >= 11 is 1.47. The molecule has 1 aromatic rings. The molecule has 14 heavy (non-hydrogen) atoms. The summed E-state index contributed by atoms with van der Waals surface area (Å²) in [6.45, 7) is 0. The number of hydrogen-bond acceptors (Lipinski definition) is 3. The molecule has 3 nitrogen and oxygen atoms in total. The molecule has 0 fully saturated rings. The largest absolute Gasteiger partial charge is 0.478 e. The smallest absolute Gasteiger partial charge is 0.335 e. The zero-order chi connectivity index (χ0) is 10.1. The van der Waals surface area contributed by atoms with Crippen LogP contribution in [0.5, 0.6) is 0 Å². The molecule has 0 saturated carbocycles. The van der Waals surface area contributed by atoms with Crippen LogP contribution in [0, 0.1) is 0 Å². The Bertz CT molecular complexity index is 412. The standard InChI is InChI=1S/C10H8O3S/c11-8-4-7-3-6(10(12)13)1-2-9(7)14-5-8/h1-3H,4-5H2,(H,12,13). The van der Waals surface area contributed by atoms with Crippen LogP contribution in [0.1, 0.15) is 15.9 Å². The number of aromatic carboxylic acids is 1. The maximum atomic E-state index is 11.1. The van der Waals surface area contributed by atoms with Crippen LogP contribution < -0.4 is 0 Å². The van der Waals surface area contributed by atoms with Gasteiger partial charge in [0.25, 0.3) is 0 Å². The number of carboxylic acid groups (broad SMARTS) is 1. The number of thioether (sulfide) groups is 1. The van der Waals surface area contributed by atoms with Crippen LogP contribution in [0.4, 0.5) is 0 Å². The van der Waals surface area contributed by atoms with Gasteiger partial charge in [0.15, 0.2) is 0 Å². The summed E-state index contributed by atoms with van der Waals surface area (Å²) in [4.78, 5) is 22.8. The third-order valence-corrected chi connectivity index (χ3v) is 3.26. The van der Waals surface area contributed by atoms with Crippen LogP contribution in [0.2, 0.25) is 0 Å². The first kappa shape index (κ1) is 9.27. The van der Waals surface area contributed by atoms with Gasteiger partial charge in [0.1, 0.15) is 5.78 Å². The molecule has 0 amide bonds. The van der Waals surface area contributed by atoms with Gasteiger partial charge in [-0.2, -0.15) is 0 Å². The van der Waals surface area contributed by atoms with Gasteiger partial charge in [-0.05, 0) is 23.8 Å². The monoisotopic (exact) mass is 208 g/mol. The van der Waals surface area contributed by atoms with Crippen molar-refractivity contribution < 1.29 is 14.7 Å². The Hall–Kier alpha value is -1.29. The minimum absolute atomic E-state index is 0.157. The highest BCUT2D eigenvalue weighted by Gasteiger charge is 2.17. The SMILES string of the molecule is O=C1CSc2ccc(C(=O)O)cc2C1. The lowest BCUT2D eigenvalue weighted by Crippen LogP contribution is -2.12. The molecular formula is C10H8O3S. The normalized spacial score (nSPS) is 15.0. The molecule has 1 heterocycles. The van der Waals surface area contributed by atoms with E-state index in [9.17, 15) is 9.59 Å². The number of fused-ring (bicyclic) bond motifs is 1. The van der Waals surface area contributed by atoms with Crippen LogP contribution in [-0.4, -0.2) is 22.6 Å². The lowest BCUT2D eigenvalue weighted by Gasteiger charge is -2.14. The summed E-state index contributed by atoms with van der Waals surface area (Å²) in [5, 5.41) is 8.76. The molecule has 1 aliphatic heterocycles. The average Bonchev–Trinajstić information content (AvgIpc) is 2.16. The van der Waals surface area contributed by atoms with E-state index in [1.54, 1.807) is 18.2 Å². The first-order chi connectivity index (χ1) is 6.66. The van der Waals surface area contributed by atoms with Crippen molar-refractivity contribution in [2.24, 2.45) is 0 Å². The number of benzene rings is 1. The van der Waals surface area contributed by atoms with Crippen LogP contribution in [0.3, 0.4) is 0 Å². The highest BCUT2D eigenvalue weighted by atomic mass is 32.2. The number of rotatable bonds is 1. The van der Waals surface area contributed by atoms with Crippen LogP contribution in [0.25, 0.3) is 0 Å². The topological polar surface area (TPSA) is 54.4 Å². The number of carbonyl (C=O) groups is 2. The van der Waals surface area contributed by atoms with Crippen molar-refractivity contribution in [1.29, 1.82) is 0 Å². The van der Waals surface area contributed by atoms with E-state index in [0.717, 1.165) is 10.5 Å². The lowest BCUT2D eigenvalue weighted by molar-refractivity contribution is -0.116. The maximum absolute atomic E-state index is 11.1. The van der Waals surface area contributed by atoms with E-state index in [1.165, 1.54) is 11.8 Å². The fourth-order valence-corrected chi connectivity index (χ4v) is 2.31. The summed E-state index contributed by atoms with van der Waals surface area (Å²) in [6, 6.07) is 4.93. The number of carboxylic acids is 1. The Morgan fingerprint density at radius 2 is 2.21 bits per heavy atom. The van der Waals surface area contributed by atoms with Crippen LogP contribution >= 0.6 is 11.8 Å². The van der Waals surface area contributed by atoms with Crippen molar-refractivity contribution in [3.8, 4) is 0 Å². The fourth-order valence-electron chi connectivity index (χ4n) is 1.41. The van der Waals surface area contributed by atoms with Crippen LogP contribution in [0.15, 0.2) is 23.1 Å². The zero-order valence-corrected chi connectivity index (χ0v) is 8.13. The minimum atomic E-state index is -0.948. The van der Waals surface area contributed by atoms with Gasteiger partial charge in [0, 0.05) is 11.3 Å². The summed E-state index contributed by atoms with van der Waals surface area (Å²) in [5.41, 5.74) is 1.09.